The van der Waals surface area contributed by atoms with Crippen LogP contribution in [0.1, 0.15) is 25.3 Å². The van der Waals surface area contributed by atoms with Gasteiger partial charge in [-0.05, 0) is 49.6 Å². The van der Waals surface area contributed by atoms with Crippen molar-refractivity contribution >= 4 is 15.9 Å². The van der Waals surface area contributed by atoms with Crippen LogP contribution >= 0.6 is 0 Å². The lowest BCUT2D eigenvalue weighted by Gasteiger charge is -2.31. The molecular formula is C21H26N2O4S. The minimum absolute atomic E-state index is 0.116. The van der Waals surface area contributed by atoms with E-state index < -0.39 is 10.0 Å². The molecule has 0 spiro atoms. The summed E-state index contributed by atoms with van der Waals surface area (Å²) in [7, 11) is -3.57. The molecule has 1 saturated heterocycles. The summed E-state index contributed by atoms with van der Waals surface area (Å²) in [4.78, 5) is 12.9. The summed E-state index contributed by atoms with van der Waals surface area (Å²) in [6.45, 7) is 3.55. The molecule has 28 heavy (non-hydrogen) atoms. The molecule has 0 aliphatic carbocycles. The number of nitrogens with zero attached hydrogens (tertiary/aromatic N) is 1. The smallest absolute Gasteiger partial charge is 0.243 e. The van der Waals surface area contributed by atoms with E-state index in [1.807, 2.05) is 31.2 Å². The quantitative estimate of drug-likeness (QED) is 0.773. The summed E-state index contributed by atoms with van der Waals surface area (Å²) in [5, 5.41) is 2.93. The lowest BCUT2D eigenvalue weighted by atomic mass is 9.99. The van der Waals surface area contributed by atoms with Crippen LogP contribution in [0.2, 0.25) is 0 Å². The molecule has 3 rings (SSSR count). The van der Waals surface area contributed by atoms with Gasteiger partial charge in [0.25, 0.3) is 0 Å². The highest BCUT2D eigenvalue weighted by Gasteiger charge is 2.33. The molecule has 1 amide bonds. The van der Waals surface area contributed by atoms with Crippen LogP contribution in [-0.2, 0) is 21.4 Å². The molecule has 1 aliphatic heterocycles. The highest BCUT2D eigenvalue weighted by molar-refractivity contribution is 7.89. The van der Waals surface area contributed by atoms with Crippen molar-refractivity contribution in [1.29, 1.82) is 0 Å². The van der Waals surface area contributed by atoms with Crippen molar-refractivity contribution < 1.29 is 17.9 Å². The minimum atomic E-state index is -3.57. The summed E-state index contributed by atoms with van der Waals surface area (Å²) < 4.78 is 32.5. The zero-order chi connectivity index (χ0) is 20.0. The van der Waals surface area contributed by atoms with Crippen LogP contribution in [0.25, 0.3) is 0 Å². The van der Waals surface area contributed by atoms with E-state index in [0.717, 1.165) is 11.3 Å². The van der Waals surface area contributed by atoms with Gasteiger partial charge in [-0.3, -0.25) is 4.79 Å². The van der Waals surface area contributed by atoms with E-state index in [1.165, 1.54) is 4.31 Å². The fraction of sp³-hybridized carbons (Fsp3) is 0.381. The van der Waals surface area contributed by atoms with Crippen molar-refractivity contribution in [3.63, 3.8) is 0 Å². The van der Waals surface area contributed by atoms with Gasteiger partial charge >= 0.3 is 0 Å². The van der Waals surface area contributed by atoms with Gasteiger partial charge in [-0.25, -0.2) is 8.42 Å². The summed E-state index contributed by atoms with van der Waals surface area (Å²) in [5.41, 5.74) is 0.948. The van der Waals surface area contributed by atoms with Crippen LogP contribution in [-0.4, -0.2) is 38.3 Å². The number of sulfonamides is 1. The molecule has 6 nitrogen and oxygen atoms in total. The number of carbonyl (C=O) groups is 1. The molecule has 0 radical (unpaired) electrons. The number of hydrogen-bond donors (Lipinski definition) is 1. The van der Waals surface area contributed by atoms with Gasteiger partial charge in [0.2, 0.25) is 15.9 Å². The van der Waals surface area contributed by atoms with E-state index in [2.05, 4.69) is 5.32 Å². The largest absolute Gasteiger partial charge is 0.494 e. The number of carbonyl (C=O) groups excluding carboxylic acids is 1. The third kappa shape index (κ3) is 4.91. The Hall–Kier alpha value is -2.38. The van der Waals surface area contributed by atoms with Gasteiger partial charge in [0.1, 0.15) is 5.75 Å². The van der Waals surface area contributed by atoms with Gasteiger partial charge in [-0.2, -0.15) is 4.31 Å². The molecule has 1 N–H and O–H groups in total. The maximum Gasteiger partial charge on any atom is 0.243 e. The number of benzene rings is 2. The lowest BCUT2D eigenvalue weighted by Crippen LogP contribution is -2.45. The van der Waals surface area contributed by atoms with Gasteiger partial charge < -0.3 is 10.1 Å². The molecule has 0 saturated carbocycles. The Bertz CT molecular complexity index is 900. The number of rotatable bonds is 7. The Morgan fingerprint density at radius 3 is 2.71 bits per heavy atom. The van der Waals surface area contributed by atoms with Crippen LogP contribution in [0.5, 0.6) is 5.75 Å². The molecule has 0 unspecified atom stereocenters. The van der Waals surface area contributed by atoms with Crippen molar-refractivity contribution in [3.8, 4) is 5.75 Å². The fourth-order valence-electron chi connectivity index (χ4n) is 3.36. The van der Waals surface area contributed by atoms with Gasteiger partial charge in [0, 0.05) is 19.6 Å². The molecule has 150 valence electrons. The first-order valence-corrected chi connectivity index (χ1v) is 11.0. The monoisotopic (exact) mass is 402 g/mol. The first-order valence-electron chi connectivity index (χ1n) is 9.55. The molecule has 1 fully saturated rings. The minimum Gasteiger partial charge on any atom is -0.494 e. The lowest BCUT2D eigenvalue weighted by molar-refractivity contribution is -0.126. The predicted molar refractivity (Wildman–Crippen MR) is 107 cm³/mol. The predicted octanol–water partition coefficient (Wildman–Crippen LogP) is 2.80. The summed E-state index contributed by atoms with van der Waals surface area (Å²) in [6.07, 6.45) is 1.36. The molecule has 0 bridgehead atoms. The molecule has 7 heteroatoms. The molecular weight excluding hydrogens is 376 g/mol. The van der Waals surface area contributed by atoms with Crippen molar-refractivity contribution in [3.05, 3.63) is 60.2 Å². The van der Waals surface area contributed by atoms with Crippen LogP contribution in [0.15, 0.2) is 59.5 Å². The Labute approximate surface area is 166 Å². The van der Waals surface area contributed by atoms with E-state index in [1.54, 1.807) is 30.3 Å². The third-order valence-electron chi connectivity index (χ3n) is 4.81. The Kier molecular flexibility index (Phi) is 6.70. The zero-order valence-electron chi connectivity index (χ0n) is 16.0. The highest BCUT2D eigenvalue weighted by atomic mass is 32.2. The molecule has 2 aromatic rings. The normalized spacial score (nSPS) is 17.8. The van der Waals surface area contributed by atoms with Gasteiger partial charge in [0.15, 0.2) is 0 Å². The molecule has 1 atom stereocenters. The highest BCUT2D eigenvalue weighted by Crippen LogP contribution is 2.24. The van der Waals surface area contributed by atoms with Gasteiger partial charge in [0.05, 0.1) is 17.4 Å². The Morgan fingerprint density at radius 2 is 1.96 bits per heavy atom. The maximum atomic E-state index is 12.8. The average Bonchev–Trinajstić information content (AvgIpc) is 2.73. The van der Waals surface area contributed by atoms with E-state index in [9.17, 15) is 13.2 Å². The fourth-order valence-corrected chi connectivity index (χ4v) is 4.91. The van der Waals surface area contributed by atoms with E-state index in [4.69, 9.17) is 4.74 Å². The summed E-state index contributed by atoms with van der Waals surface area (Å²) in [5.74, 6) is 0.309. The first kappa shape index (κ1) is 20.4. The van der Waals surface area contributed by atoms with Gasteiger partial charge in [-0.15, -0.1) is 0 Å². The average molecular weight is 403 g/mol. The van der Waals surface area contributed by atoms with E-state index in [0.29, 0.717) is 32.5 Å². The Morgan fingerprint density at radius 1 is 1.18 bits per heavy atom. The van der Waals surface area contributed by atoms with E-state index >= 15 is 0 Å². The number of amides is 1. The summed E-state index contributed by atoms with van der Waals surface area (Å²) in [6, 6.07) is 16.0. The SMILES string of the molecule is CCOc1cccc(CNC(=O)[C@@H]2CCCN(S(=O)(=O)c3ccccc3)C2)c1. The standard InChI is InChI=1S/C21H26N2O4S/c1-2-27-19-10-6-8-17(14-19)15-22-21(24)18-9-7-13-23(16-18)28(25,26)20-11-4-3-5-12-20/h3-6,8,10-12,14,18H,2,7,9,13,15-16H2,1H3,(H,22,24)/t18-/m1/s1. The molecule has 2 aromatic carbocycles. The van der Waals surface area contributed by atoms with Crippen LogP contribution < -0.4 is 10.1 Å². The third-order valence-corrected chi connectivity index (χ3v) is 6.69. The van der Waals surface area contributed by atoms with E-state index in [-0.39, 0.29) is 23.3 Å². The van der Waals surface area contributed by atoms with Crippen LogP contribution in [0.3, 0.4) is 0 Å². The number of ether oxygens (including phenoxy) is 1. The molecule has 1 aliphatic rings. The van der Waals surface area contributed by atoms with Crippen molar-refractivity contribution in [2.75, 3.05) is 19.7 Å². The second kappa shape index (κ2) is 9.21. The first-order chi connectivity index (χ1) is 13.5. The number of nitrogens with one attached hydrogen (secondary N) is 1. The second-order valence-electron chi connectivity index (χ2n) is 6.81. The summed E-state index contributed by atoms with van der Waals surface area (Å²) >= 11 is 0. The van der Waals surface area contributed by atoms with Gasteiger partial charge in [-0.1, -0.05) is 30.3 Å². The second-order valence-corrected chi connectivity index (χ2v) is 8.75. The van der Waals surface area contributed by atoms with Crippen molar-refractivity contribution in [1.82, 2.24) is 9.62 Å². The Balaban J connectivity index is 1.61. The molecule has 1 heterocycles. The van der Waals surface area contributed by atoms with Crippen LogP contribution in [0, 0.1) is 5.92 Å². The number of piperidine rings is 1. The number of hydrogen-bond acceptors (Lipinski definition) is 4. The van der Waals surface area contributed by atoms with Crippen molar-refractivity contribution in [2.45, 2.75) is 31.2 Å². The topological polar surface area (TPSA) is 75.7 Å². The van der Waals surface area contributed by atoms with Crippen molar-refractivity contribution in [2.24, 2.45) is 5.92 Å². The molecule has 0 aromatic heterocycles. The van der Waals surface area contributed by atoms with Crippen LogP contribution in [0.4, 0.5) is 0 Å². The maximum absolute atomic E-state index is 12.8. The zero-order valence-corrected chi connectivity index (χ0v) is 16.8.